The van der Waals surface area contributed by atoms with Crippen LogP contribution in [0.1, 0.15) is 44.1 Å². The lowest BCUT2D eigenvalue weighted by atomic mass is 10.1. The van der Waals surface area contributed by atoms with Gasteiger partial charge in [0.15, 0.2) is 0 Å². The second-order valence-electron chi connectivity index (χ2n) is 7.74. The molecular formula is C20H24FN3O3. The lowest BCUT2D eigenvalue weighted by molar-refractivity contribution is 0.0501. The summed E-state index contributed by atoms with van der Waals surface area (Å²) in [5, 5.41) is 4.14. The number of alkyl carbamates (subject to hydrolysis) is 1. The van der Waals surface area contributed by atoms with E-state index in [-0.39, 0.29) is 23.5 Å². The zero-order chi connectivity index (χ0) is 19.6. The summed E-state index contributed by atoms with van der Waals surface area (Å²) in [4.78, 5) is 30.7. The molecule has 2 heterocycles. The highest BCUT2D eigenvalue weighted by atomic mass is 19.1. The number of benzene rings is 1. The summed E-state index contributed by atoms with van der Waals surface area (Å²) < 4.78 is 18.7. The van der Waals surface area contributed by atoms with E-state index >= 15 is 0 Å². The second-order valence-corrected chi connectivity index (χ2v) is 7.74. The molecule has 1 aliphatic heterocycles. The van der Waals surface area contributed by atoms with E-state index in [0.717, 1.165) is 18.2 Å². The molecule has 0 saturated carbocycles. The Morgan fingerprint density at radius 2 is 2.07 bits per heavy atom. The smallest absolute Gasteiger partial charge is 0.407 e. The highest BCUT2D eigenvalue weighted by molar-refractivity contribution is 5.96. The number of rotatable bonds is 3. The van der Waals surface area contributed by atoms with Gasteiger partial charge in [-0.2, -0.15) is 0 Å². The minimum Gasteiger partial charge on any atom is -0.444 e. The number of carbonyl (C=O) groups is 2. The van der Waals surface area contributed by atoms with Crippen LogP contribution in [0.4, 0.5) is 9.18 Å². The Hall–Kier alpha value is -2.70. The molecule has 7 heteroatoms. The van der Waals surface area contributed by atoms with Gasteiger partial charge in [-0.15, -0.1) is 0 Å². The van der Waals surface area contributed by atoms with Crippen LogP contribution in [0.2, 0.25) is 0 Å². The van der Waals surface area contributed by atoms with Crippen molar-refractivity contribution in [2.24, 2.45) is 0 Å². The molecule has 1 aliphatic rings. The van der Waals surface area contributed by atoms with Crippen LogP contribution in [0.3, 0.4) is 0 Å². The van der Waals surface area contributed by atoms with Crippen molar-refractivity contribution >= 4 is 22.8 Å². The average Bonchev–Trinajstić information content (AvgIpc) is 3.05. The third kappa shape index (κ3) is 4.72. The fraction of sp³-hybridized carbons (Fsp3) is 0.450. The number of nitrogens with one attached hydrogen (secondary N) is 1. The molecule has 1 N–H and O–H groups in total. The van der Waals surface area contributed by atoms with Crippen molar-refractivity contribution < 1.29 is 18.7 Å². The normalized spacial score (nSPS) is 17.2. The Balaban J connectivity index is 1.69. The lowest BCUT2D eigenvalue weighted by Gasteiger charge is -2.26. The van der Waals surface area contributed by atoms with Crippen molar-refractivity contribution in [1.82, 2.24) is 15.2 Å². The predicted molar refractivity (Wildman–Crippen MR) is 100.0 cm³/mol. The SMILES string of the molecule is CC(C)(C)OC(=O)NCC1CCCN1C(=O)c1cc2cc(F)ccc2cn1. The maximum atomic E-state index is 13.5. The molecule has 144 valence electrons. The van der Waals surface area contributed by atoms with E-state index in [4.69, 9.17) is 4.74 Å². The van der Waals surface area contributed by atoms with Crippen LogP contribution in [-0.2, 0) is 4.74 Å². The summed E-state index contributed by atoms with van der Waals surface area (Å²) in [5.74, 6) is -0.567. The molecule has 6 nitrogen and oxygen atoms in total. The van der Waals surface area contributed by atoms with E-state index in [2.05, 4.69) is 10.3 Å². The Morgan fingerprint density at radius 1 is 1.30 bits per heavy atom. The predicted octanol–water partition coefficient (Wildman–Crippen LogP) is 3.50. The number of ether oxygens (including phenoxy) is 1. The highest BCUT2D eigenvalue weighted by Crippen LogP contribution is 2.21. The average molecular weight is 373 g/mol. The van der Waals surface area contributed by atoms with E-state index in [1.54, 1.807) is 44.0 Å². The standard InChI is InChI=1S/C20H24FN3O3/c1-20(2,3)27-19(26)23-12-16-5-4-8-24(16)18(25)17-10-14-9-15(21)7-6-13(14)11-22-17/h6-7,9-11,16H,4-5,8,12H2,1-3H3,(H,23,26). The van der Waals surface area contributed by atoms with Crippen molar-refractivity contribution in [3.63, 3.8) is 0 Å². The molecular weight excluding hydrogens is 349 g/mol. The van der Waals surface area contributed by atoms with Crippen LogP contribution in [0.5, 0.6) is 0 Å². The molecule has 2 amide bonds. The Labute approximate surface area is 157 Å². The van der Waals surface area contributed by atoms with E-state index in [1.165, 1.54) is 12.1 Å². The molecule has 1 unspecified atom stereocenters. The number of pyridine rings is 1. The van der Waals surface area contributed by atoms with Gasteiger partial charge in [-0.25, -0.2) is 9.18 Å². The van der Waals surface area contributed by atoms with Crippen LogP contribution in [-0.4, -0.2) is 46.6 Å². The van der Waals surface area contributed by atoms with Crippen molar-refractivity contribution in [3.8, 4) is 0 Å². The first kappa shape index (κ1) is 19.1. The van der Waals surface area contributed by atoms with Crippen molar-refractivity contribution in [3.05, 3.63) is 42.0 Å². The number of hydrogen-bond acceptors (Lipinski definition) is 4. The molecule has 0 bridgehead atoms. The van der Waals surface area contributed by atoms with Crippen molar-refractivity contribution in [2.45, 2.75) is 45.3 Å². The number of amides is 2. The van der Waals surface area contributed by atoms with Gasteiger partial charge in [0.2, 0.25) is 0 Å². The van der Waals surface area contributed by atoms with Crippen LogP contribution in [0.25, 0.3) is 10.8 Å². The van der Waals surface area contributed by atoms with Crippen LogP contribution in [0, 0.1) is 5.82 Å². The van der Waals surface area contributed by atoms with Gasteiger partial charge in [-0.05, 0) is 63.3 Å². The number of hydrogen-bond donors (Lipinski definition) is 1. The maximum Gasteiger partial charge on any atom is 0.407 e. The molecule has 1 aromatic carbocycles. The van der Waals surface area contributed by atoms with Gasteiger partial charge in [0.1, 0.15) is 17.1 Å². The summed E-state index contributed by atoms with van der Waals surface area (Å²) in [6, 6.07) is 5.88. The van der Waals surface area contributed by atoms with Gasteiger partial charge < -0.3 is 15.0 Å². The molecule has 1 atom stereocenters. The molecule has 0 spiro atoms. The number of aromatic nitrogens is 1. The van der Waals surface area contributed by atoms with Gasteiger partial charge in [0, 0.05) is 30.7 Å². The Bertz CT molecular complexity index is 863. The fourth-order valence-corrected chi connectivity index (χ4v) is 3.21. The van der Waals surface area contributed by atoms with E-state index in [1.807, 2.05) is 0 Å². The second kappa shape index (κ2) is 7.50. The molecule has 1 saturated heterocycles. The summed E-state index contributed by atoms with van der Waals surface area (Å²) >= 11 is 0. The number of halogens is 1. The number of fused-ring (bicyclic) bond motifs is 1. The minimum atomic E-state index is -0.570. The summed E-state index contributed by atoms with van der Waals surface area (Å²) in [5.41, 5.74) is -0.295. The lowest BCUT2D eigenvalue weighted by Crippen LogP contribution is -2.44. The topological polar surface area (TPSA) is 71.5 Å². The molecule has 0 aliphatic carbocycles. The summed E-state index contributed by atoms with van der Waals surface area (Å²) in [6.45, 7) is 6.32. The van der Waals surface area contributed by atoms with Crippen LogP contribution < -0.4 is 5.32 Å². The number of likely N-dealkylation sites (tertiary alicyclic amines) is 1. The van der Waals surface area contributed by atoms with E-state index < -0.39 is 11.7 Å². The molecule has 1 fully saturated rings. The van der Waals surface area contributed by atoms with E-state index in [9.17, 15) is 14.0 Å². The third-order valence-electron chi connectivity index (χ3n) is 4.42. The largest absolute Gasteiger partial charge is 0.444 e. The van der Waals surface area contributed by atoms with Crippen molar-refractivity contribution in [2.75, 3.05) is 13.1 Å². The quantitative estimate of drug-likeness (QED) is 0.894. The van der Waals surface area contributed by atoms with Crippen molar-refractivity contribution in [1.29, 1.82) is 0 Å². The van der Waals surface area contributed by atoms with Crippen LogP contribution in [0.15, 0.2) is 30.5 Å². The highest BCUT2D eigenvalue weighted by Gasteiger charge is 2.31. The fourth-order valence-electron chi connectivity index (χ4n) is 3.21. The summed E-state index contributed by atoms with van der Waals surface area (Å²) in [6.07, 6.45) is 2.73. The Morgan fingerprint density at radius 3 is 2.81 bits per heavy atom. The molecule has 2 aromatic rings. The first-order valence-electron chi connectivity index (χ1n) is 9.06. The first-order valence-corrected chi connectivity index (χ1v) is 9.06. The molecule has 27 heavy (non-hydrogen) atoms. The summed E-state index contributed by atoms with van der Waals surface area (Å²) in [7, 11) is 0. The third-order valence-corrected chi connectivity index (χ3v) is 4.42. The Kier molecular flexibility index (Phi) is 5.30. The molecule has 0 radical (unpaired) electrons. The first-order chi connectivity index (χ1) is 12.7. The zero-order valence-corrected chi connectivity index (χ0v) is 15.8. The van der Waals surface area contributed by atoms with Gasteiger partial charge >= 0.3 is 6.09 Å². The van der Waals surface area contributed by atoms with E-state index in [0.29, 0.717) is 18.5 Å². The van der Waals surface area contributed by atoms with Gasteiger partial charge in [0.25, 0.3) is 5.91 Å². The molecule has 3 rings (SSSR count). The van der Waals surface area contributed by atoms with Gasteiger partial charge in [-0.1, -0.05) is 0 Å². The number of nitrogens with zero attached hydrogens (tertiary/aromatic N) is 2. The zero-order valence-electron chi connectivity index (χ0n) is 15.8. The van der Waals surface area contributed by atoms with Crippen LogP contribution >= 0.6 is 0 Å². The van der Waals surface area contributed by atoms with Gasteiger partial charge in [-0.3, -0.25) is 9.78 Å². The number of carbonyl (C=O) groups excluding carboxylic acids is 2. The molecule has 1 aromatic heterocycles. The monoisotopic (exact) mass is 373 g/mol. The van der Waals surface area contributed by atoms with Gasteiger partial charge in [0.05, 0.1) is 0 Å². The maximum absolute atomic E-state index is 13.5. The minimum absolute atomic E-state index is 0.116.